The van der Waals surface area contributed by atoms with E-state index in [4.69, 9.17) is 10.8 Å². The summed E-state index contributed by atoms with van der Waals surface area (Å²) in [6.45, 7) is 7.22. The molecule has 3 aromatic rings. The van der Waals surface area contributed by atoms with Gasteiger partial charge in [0.05, 0.1) is 11.4 Å². The van der Waals surface area contributed by atoms with Gasteiger partial charge in [0.2, 0.25) is 0 Å². The van der Waals surface area contributed by atoms with Crippen molar-refractivity contribution in [2.45, 2.75) is 13.5 Å². The molecule has 1 saturated heterocycles. The fourth-order valence-corrected chi connectivity index (χ4v) is 3.71. The molecule has 1 aliphatic heterocycles. The Balaban J connectivity index is 1.77. The monoisotopic (exact) mass is 361 g/mol. The molecule has 0 spiro atoms. The molecule has 0 bridgehead atoms. The van der Waals surface area contributed by atoms with E-state index in [-0.39, 0.29) is 0 Å². The van der Waals surface area contributed by atoms with Gasteiger partial charge in [-0.1, -0.05) is 48.5 Å². The number of aryl methyl sites for hydroxylation is 1. The number of benzene rings is 2. The molecule has 1 fully saturated rings. The number of aromatic nitrogens is 2. The lowest BCUT2D eigenvalue weighted by Crippen LogP contribution is -2.44. The van der Waals surface area contributed by atoms with E-state index in [1.165, 1.54) is 0 Å². The van der Waals surface area contributed by atoms with Crippen LogP contribution < -0.4 is 5.73 Å². The first-order chi connectivity index (χ1) is 13.1. The van der Waals surface area contributed by atoms with Crippen molar-refractivity contribution in [3.8, 4) is 16.8 Å². The SMILES string of the molecule is Cc1ccccc1-n1nc(CN2CCN(C)CC2)c(-c2ccccc2)c1N. The van der Waals surface area contributed by atoms with Gasteiger partial charge >= 0.3 is 0 Å². The molecule has 4 rings (SSSR count). The van der Waals surface area contributed by atoms with Crippen LogP contribution in [0.2, 0.25) is 0 Å². The minimum atomic E-state index is 0.708. The first kappa shape index (κ1) is 17.8. The summed E-state index contributed by atoms with van der Waals surface area (Å²) in [5, 5.41) is 4.97. The Morgan fingerprint density at radius 2 is 1.59 bits per heavy atom. The number of piperazine rings is 1. The largest absolute Gasteiger partial charge is 0.383 e. The van der Waals surface area contributed by atoms with Crippen LogP contribution in [0.1, 0.15) is 11.3 Å². The summed E-state index contributed by atoms with van der Waals surface area (Å²) < 4.78 is 1.91. The molecular weight excluding hydrogens is 334 g/mol. The molecule has 0 aliphatic carbocycles. The molecule has 1 aromatic heterocycles. The van der Waals surface area contributed by atoms with E-state index in [1.807, 2.05) is 22.9 Å². The predicted octanol–water partition coefficient (Wildman–Crippen LogP) is 3.18. The van der Waals surface area contributed by atoms with Crippen molar-refractivity contribution >= 4 is 5.82 Å². The third kappa shape index (κ3) is 3.61. The van der Waals surface area contributed by atoms with Crippen LogP contribution in [0.3, 0.4) is 0 Å². The highest BCUT2D eigenvalue weighted by molar-refractivity contribution is 5.78. The Hall–Kier alpha value is -2.63. The first-order valence-electron chi connectivity index (χ1n) is 9.53. The van der Waals surface area contributed by atoms with Crippen LogP contribution in [0.15, 0.2) is 54.6 Å². The van der Waals surface area contributed by atoms with E-state index in [2.05, 4.69) is 60.2 Å². The third-order valence-corrected chi connectivity index (χ3v) is 5.37. The molecule has 140 valence electrons. The van der Waals surface area contributed by atoms with Gasteiger partial charge < -0.3 is 10.6 Å². The van der Waals surface area contributed by atoms with Gasteiger partial charge in [0.1, 0.15) is 5.82 Å². The summed E-state index contributed by atoms with van der Waals surface area (Å²) in [5.74, 6) is 0.708. The van der Waals surface area contributed by atoms with Crippen LogP contribution >= 0.6 is 0 Å². The topological polar surface area (TPSA) is 50.3 Å². The summed E-state index contributed by atoms with van der Waals surface area (Å²) in [6.07, 6.45) is 0. The Labute approximate surface area is 161 Å². The number of nitrogen functional groups attached to an aromatic ring is 1. The Kier molecular flexibility index (Phi) is 4.97. The second kappa shape index (κ2) is 7.55. The zero-order chi connectivity index (χ0) is 18.8. The number of nitrogens with two attached hydrogens (primary N) is 1. The summed E-state index contributed by atoms with van der Waals surface area (Å²) in [6, 6.07) is 18.6. The van der Waals surface area contributed by atoms with E-state index in [1.54, 1.807) is 0 Å². The molecule has 2 N–H and O–H groups in total. The number of nitrogens with zero attached hydrogens (tertiary/aromatic N) is 4. The Bertz CT molecular complexity index is 908. The average molecular weight is 361 g/mol. The maximum absolute atomic E-state index is 6.64. The molecule has 27 heavy (non-hydrogen) atoms. The first-order valence-corrected chi connectivity index (χ1v) is 9.53. The molecular formula is C22H27N5. The average Bonchev–Trinajstić information content (AvgIpc) is 3.00. The lowest BCUT2D eigenvalue weighted by Gasteiger charge is -2.32. The molecule has 1 aliphatic rings. The summed E-state index contributed by atoms with van der Waals surface area (Å²) in [5.41, 5.74) is 12.1. The van der Waals surface area contributed by atoms with Crippen LogP contribution in [0, 0.1) is 6.92 Å². The predicted molar refractivity (Wildman–Crippen MR) is 111 cm³/mol. The number of para-hydroxylation sites is 1. The van der Waals surface area contributed by atoms with Crippen LogP contribution in [0.25, 0.3) is 16.8 Å². The fourth-order valence-electron chi connectivity index (χ4n) is 3.71. The van der Waals surface area contributed by atoms with E-state index in [0.717, 1.165) is 60.8 Å². The molecule has 5 heteroatoms. The van der Waals surface area contributed by atoms with Crippen molar-refractivity contribution in [2.75, 3.05) is 39.0 Å². The number of rotatable bonds is 4. The van der Waals surface area contributed by atoms with Gasteiger partial charge in [0.15, 0.2) is 0 Å². The minimum Gasteiger partial charge on any atom is -0.383 e. The van der Waals surface area contributed by atoms with Crippen molar-refractivity contribution in [2.24, 2.45) is 0 Å². The van der Waals surface area contributed by atoms with Gasteiger partial charge in [-0.25, -0.2) is 4.68 Å². The smallest absolute Gasteiger partial charge is 0.135 e. The van der Waals surface area contributed by atoms with Gasteiger partial charge in [-0.2, -0.15) is 5.10 Å². The van der Waals surface area contributed by atoms with Gasteiger partial charge in [0.25, 0.3) is 0 Å². The number of hydrogen-bond acceptors (Lipinski definition) is 4. The second-order valence-electron chi connectivity index (χ2n) is 7.35. The maximum atomic E-state index is 6.64. The molecule has 0 amide bonds. The molecule has 0 saturated carbocycles. The highest BCUT2D eigenvalue weighted by Gasteiger charge is 2.22. The number of hydrogen-bond donors (Lipinski definition) is 1. The van der Waals surface area contributed by atoms with Crippen molar-refractivity contribution in [1.29, 1.82) is 0 Å². The lowest BCUT2D eigenvalue weighted by molar-refractivity contribution is 0.147. The molecule has 2 aromatic carbocycles. The second-order valence-corrected chi connectivity index (χ2v) is 7.35. The highest BCUT2D eigenvalue weighted by Crippen LogP contribution is 2.33. The third-order valence-electron chi connectivity index (χ3n) is 5.37. The van der Waals surface area contributed by atoms with Crippen LogP contribution in [0.4, 0.5) is 5.82 Å². The van der Waals surface area contributed by atoms with Gasteiger partial charge in [-0.05, 0) is 31.2 Å². The highest BCUT2D eigenvalue weighted by atomic mass is 15.3. The molecule has 0 atom stereocenters. The minimum absolute atomic E-state index is 0.708. The standard InChI is InChI=1S/C22H27N5/c1-17-8-6-7-11-20(17)27-22(23)21(18-9-4-3-5-10-18)19(24-27)16-26-14-12-25(2)13-15-26/h3-11H,12-16,23H2,1-2H3. The fraction of sp³-hybridized carbons (Fsp3) is 0.318. The zero-order valence-corrected chi connectivity index (χ0v) is 16.1. The van der Waals surface area contributed by atoms with Crippen molar-refractivity contribution in [3.05, 3.63) is 65.9 Å². The van der Waals surface area contributed by atoms with Gasteiger partial charge in [-0.3, -0.25) is 4.90 Å². The van der Waals surface area contributed by atoms with Crippen molar-refractivity contribution < 1.29 is 0 Å². The molecule has 0 radical (unpaired) electrons. The van der Waals surface area contributed by atoms with E-state index in [0.29, 0.717) is 5.82 Å². The molecule has 2 heterocycles. The summed E-state index contributed by atoms with van der Waals surface area (Å²) in [7, 11) is 2.18. The Morgan fingerprint density at radius 1 is 0.926 bits per heavy atom. The quantitative estimate of drug-likeness (QED) is 0.775. The Morgan fingerprint density at radius 3 is 2.30 bits per heavy atom. The number of likely N-dealkylation sites (N-methyl/N-ethyl adjacent to an activating group) is 1. The van der Waals surface area contributed by atoms with E-state index < -0.39 is 0 Å². The van der Waals surface area contributed by atoms with Crippen LogP contribution in [0.5, 0.6) is 0 Å². The van der Waals surface area contributed by atoms with Crippen LogP contribution in [-0.2, 0) is 6.54 Å². The van der Waals surface area contributed by atoms with Gasteiger partial charge in [0, 0.05) is 38.3 Å². The van der Waals surface area contributed by atoms with Gasteiger partial charge in [-0.15, -0.1) is 0 Å². The van der Waals surface area contributed by atoms with E-state index >= 15 is 0 Å². The zero-order valence-electron chi connectivity index (χ0n) is 16.1. The molecule has 5 nitrogen and oxygen atoms in total. The number of anilines is 1. The molecule has 0 unspecified atom stereocenters. The summed E-state index contributed by atoms with van der Waals surface area (Å²) in [4.78, 5) is 4.84. The summed E-state index contributed by atoms with van der Waals surface area (Å²) >= 11 is 0. The van der Waals surface area contributed by atoms with Crippen molar-refractivity contribution in [1.82, 2.24) is 19.6 Å². The van der Waals surface area contributed by atoms with Crippen molar-refractivity contribution in [3.63, 3.8) is 0 Å². The maximum Gasteiger partial charge on any atom is 0.135 e. The van der Waals surface area contributed by atoms with E-state index in [9.17, 15) is 0 Å². The normalized spacial score (nSPS) is 15.9. The lowest BCUT2D eigenvalue weighted by atomic mass is 10.0. The van der Waals surface area contributed by atoms with Crippen LogP contribution in [-0.4, -0.2) is 52.8 Å².